The molecule has 5 nitrogen and oxygen atoms in total. The molecule has 0 saturated carbocycles. The van der Waals surface area contributed by atoms with Crippen LogP contribution in [0.3, 0.4) is 0 Å². The Morgan fingerprint density at radius 1 is 1.39 bits per heavy atom. The summed E-state index contributed by atoms with van der Waals surface area (Å²) in [5.74, 6) is -0.0528. The maximum atomic E-state index is 11.8. The Hall–Kier alpha value is -0.650. The summed E-state index contributed by atoms with van der Waals surface area (Å²) in [6, 6.07) is 0.240. The molecule has 0 unspecified atom stereocenters. The maximum Gasteiger partial charge on any atom is 0.246 e. The molecule has 1 rings (SSSR count). The molecule has 1 aliphatic heterocycles. The van der Waals surface area contributed by atoms with Crippen LogP contribution < -0.4 is 11.1 Å². The molecule has 1 saturated heterocycles. The molecule has 1 aliphatic rings. The number of amides is 1. The van der Waals surface area contributed by atoms with Crippen LogP contribution in [-0.4, -0.2) is 43.9 Å². The third-order valence-electron chi connectivity index (χ3n) is 3.64. The van der Waals surface area contributed by atoms with E-state index in [-0.39, 0.29) is 24.2 Å². The summed E-state index contributed by atoms with van der Waals surface area (Å²) < 4.78 is 11.1. The largest absolute Gasteiger partial charge is 0.381 e. The second-order valence-corrected chi connectivity index (χ2v) is 4.87. The van der Waals surface area contributed by atoms with Crippen LogP contribution in [0.4, 0.5) is 0 Å². The lowest BCUT2D eigenvalue weighted by molar-refractivity contribution is -0.142. The number of nitrogens with two attached hydrogens (primary N) is 1. The van der Waals surface area contributed by atoms with Gasteiger partial charge in [-0.3, -0.25) is 4.79 Å². The first kappa shape index (κ1) is 15.4. The van der Waals surface area contributed by atoms with E-state index in [2.05, 4.69) is 19.2 Å². The van der Waals surface area contributed by atoms with Crippen molar-refractivity contribution in [1.29, 1.82) is 0 Å². The van der Waals surface area contributed by atoms with E-state index in [4.69, 9.17) is 15.2 Å². The van der Waals surface area contributed by atoms with Crippen molar-refractivity contribution >= 4 is 5.91 Å². The molecule has 0 aliphatic carbocycles. The van der Waals surface area contributed by atoms with Gasteiger partial charge in [0.2, 0.25) is 5.91 Å². The highest BCUT2D eigenvalue weighted by Gasteiger charge is 2.32. The van der Waals surface area contributed by atoms with Gasteiger partial charge < -0.3 is 20.5 Å². The quantitative estimate of drug-likeness (QED) is 0.709. The highest BCUT2D eigenvalue weighted by atomic mass is 16.5. The number of hydrogen-bond acceptors (Lipinski definition) is 4. The number of carbonyl (C=O) groups is 1. The van der Waals surface area contributed by atoms with Gasteiger partial charge in [-0.05, 0) is 12.8 Å². The van der Waals surface area contributed by atoms with Gasteiger partial charge in [0.05, 0.1) is 5.60 Å². The SMILES string of the molecule is CCC(CC)NC(=O)COC1(CN)CCOCC1. The first-order chi connectivity index (χ1) is 8.65. The van der Waals surface area contributed by atoms with Crippen LogP contribution in [0.5, 0.6) is 0 Å². The molecular weight excluding hydrogens is 232 g/mol. The molecule has 0 spiro atoms. The van der Waals surface area contributed by atoms with E-state index in [1.165, 1.54) is 0 Å². The third kappa shape index (κ3) is 4.55. The van der Waals surface area contributed by atoms with Crippen molar-refractivity contribution in [3.63, 3.8) is 0 Å². The highest BCUT2D eigenvalue weighted by molar-refractivity contribution is 5.77. The fourth-order valence-corrected chi connectivity index (χ4v) is 2.13. The fourth-order valence-electron chi connectivity index (χ4n) is 2.13. The van der Waals surface area contributed by atoms with E-state index < -0.39 is 0 Å². The number of ether oxygens (including phenoxy) is 2. The molecule has 18 heavy (non-hydrogen) atoms. The minimum atomic E-state index is -0.372. The van der Waals surface area contributed by atoms with Crippen molar-refractivity contribution in [2.75, 3.05) is 26.4 Å². The lowest BCUT2D eigenvalue weighted by Gasteiger charge is -2.35. The van der Waals surface area contributed by atoms with Crippen molar-refractivity contribution < 1.29 is 14.3 Å². The fraction of sp³-hybridized carbons (Fsp3) is 0.923. The molecule has 1 heterocycles. The summed E-state index contributed by atoms with van der Waals surface area (Å²) in [6.07, 6.45) is 3.42. The van der Waals surface area contributed by atoms with E-state index in [1.54, 1.807) is 0 Å². The summed E-state index contributed by atoms with van der Waals surface area (Å²) in [5.41, 5.74) is 5.39. The van der Waals surface area contributed by atoms with Gasteiger partial charge in [0.1, 0.15) is 6.61 Å². The number of rotatable bonds is 7. The van der Waals surface area contributed by atoms with Gasteiger partial charge in [-0.1, -0.05) is 13.8 Å². The molecule has 0 atom stereocenters. The summed E-state index contributed by atoms with van der Waals surface area (Å²) in [4.78, 5) is 11.8. The zero-order valence-corrected chi connectivity index (χ0v) is 11.5. The summed E-state index contributed by atoms with van der Waals surface area (Å²) in [5, 5.41) is 2.96. The van der Waals surface area contributed by atoms with Gasteiger partial charge in [0, 0.05) is 38.6 Å². The Morgan fingerprint density at radius 3 is 2.50 bits per heavy atom. The van der Waals surface area contributed by atoms with Gasteiger partial charge in [-0.2, -0.15) is 0 Å². The van der Waals surface area contributed by atoms with Crippen molar-refractivity contribution in [3.8, 4) is 0 Å². The van der Waals surface area contributed by atoms with Crippen molar-refractivity contribution in [2.24, 2.45) is 5.73 Å². The Bertz CT molecular complexity index is 249. The summed E-state index contributed by atoms with van der Waals surface area (Å²) in [7, 11) is 0. The Kier molecular flexibility index (Phi) is 6.60. The average Bonchev–Trinajstić information content (AvgIpc) is 2.43. The zero-order valence-electron chi connectivity index (χ0n) is 11.5. The van der Waals surface area contributed by atoms with Crippen LogP contribution in [0, 0.1) is 0 Å². The van der Waals surface area contributed by atoms with Crippen molar-refractivity contribution in [1.82, 2.24) is 5.32 Å². The van der Waals surface area contributed by atoms with Crippen LogP contribution in [-0.2, 0) is 14.3 Å². The summed E-state index contributed by atoms with van der Waals surface area (Å²) in [6.45, 7) is 5.98. The molecule has 0 bridgehead atoms. The van der Waals surface area contributed by atoms with Crippen LogP contribution in [0.15, 0.2) is 0 Å². The molecule has 5 heteroatoms. The van der Waals surface area contributed by atoms with Crippen LogP contribution in [0.25, 0.3) is 0 Å². The standard InChI is InChI=1S/C13H26N2O3/c1-3-11(4-2)15-12(16)9-18-13(10-14)5-7-17-8-6-13/h11H,3-10,14H2,1-2H3,(H,15,16). The first-order valence-corrected chi connectivity index (χ1v) is 6.87. The molecule has 1 fully saturated rings. The van der Waals surface area contributed by atoms with Gasteiger partial charge in [0.15, 0.2) is 0 Å². The van der Waals surface area contributed by atoms with E-state index >= 15 is 0 Å². The molecule has 3 N–H and O–H groups in total. The lowest BCUT2D eigenvalue weighted by Crippen LogP contribution is -2.48. The Balaban J connectivity index is 2.35. The second-order valence-electron chi connectivity index (χ2n) is 4.87. The first-order valence-electron chi connectivity index (χ1n) is 6.87. The molecular formula is C13H26N2O3. The number of carbonyl (C=O) groups excluding carboxylic acids is 1. The minimum absolute atomic E-state index is 0.0528. The van der Waals surface area contributed by atoms with E-state index in [0.29, 0.717) is 19.8 Å². The van der Waals surface area contributed by atoms with Gasteiger partial charge >= 0.3 is 0 Å². The molecule has 0 aromatic heterocycles. The third-order valence-corrected chi connectivity index (χ3v) is 3.64. The molecule has 0 radical (unpaired) electrons. The number of nitrogens with one attached hydrogen (secondary N) is 1. The molecule has 0 aromatic carbocycles. The van der Waals surface area contributed by atoms with Crippen LogP contribution in [0.1, 0.15) is 39.5 Å². The van der Waals surface area contributed by atoms with E-state index in [9.17, 15) is 4.79 Å². The Morgan fingerprint density at radius 2 is 2.00 bits per heavy atom. The van der Waals surface area contributed by atoms with E-state index in [1.807, 2.05) is 0 Å². The van der Waals surface area contributed by atoms with Gasteiger partial charge in [-0.15, -0.1) is 0 Å². The predicted octanol–water partition coefficient (Wildman–Crippen LogP) is 0.816. The van der Waals surface area contributed by atoms with Crippen molar-refractivity contribution in [2.45, 2.75) is 51.2 Å². The second kappa shape index (κ2) is 7.71. The van der Waals surface area contributed by atoms with Crippen LogP contribution in [0.2, 0.25) is 0 Å². The monoisotopic (exact) mass is 258 g/mol. The summed E-state index contributed by atoms with van der Waals surface area (Å²) >= 11 is 0. The smallest absolute Gasteiger partial charge is 0.246 e. The Labute approximate surface area is 109 Å². The van der Waals surface area contributed by atoms with E-state index in [0.717, 1.165) is 25.7 Å². The van der Waals surface area contributed by atoms with Crippen LogP contribution >= 0.6 is 0 Å². The normalized spacial score (nSPS) is 18.9. The molecule has 106 valence electrons. The van der Waals surface area contributed by atoms with Gasteiger partial charge in [0.25, 0.3) is 0 Å². The zero-order chi connectivity index (χ0) is 13.4. The highest BCUT2D eigenvalue weighted by Crippen LogP contribution is 2.23. The van der Waals surface area contributed by atoms with Crippen molar-refractivity contribution in [3.05, 3.63) is 0 Å². The number of hydrogen-bond donors (Lipinski definition) is 2. The average molecular weight is 258 g/mol. The molecule has 0 aromatic rings. The lowest BCUT2D eigenvalue weighted by atomic mass is 9.94. The molecule has 1 amide bonds. The minimum Gasteiger partial charge on any atom is -0.381 e. The van der Waals surface area contributed by atoms with Gasteiger partial charge in [-0.25, -0.2) is 0 Å². The topological polar surface area (TPSA) is 73.6 Å². The predicted molar refractivity (Wildman–Crippen MR) is 70.3 cm³/mol. The maximum absolute atomic E-state index is 11.8.